The molecule has 1 rings (SSSR count). The number of rotatable bonds is 5. The van der Waals surface area contributed by atoms with Gasteiger partial charge in [0.2, 0.25) is 5.91 Å². The average molecular weight is 343 g/mol. The second kappa shape index (κ2) is 7.64. The maximum atomic E-state index is 11.8. The lowest BCUT2D eigenvalue weighted by molar-refractivity contribution is -0.145. The molecule has 0 heterocycles. The topological polar surface area (TPSA) is 75.7 Å². The Kier molecular flexibility index (Phi) is 6.17. The number of nitrogens with zero attached hydrogens (tertiary/aromatic N) is 1. The molecule has 6 nitrogen and oxygen atoms in total. The lowest BCUT2D eigenvalue weighted by atomic mass is 10.2. The van der Waals surface area contributed by atoms with Crippen molar-refractivity contribution in [3.63, 3.8) is 0 Å². The van der Waals surface area contributed by atoms with E-state index in [9.17, 15) is 14.4 Å². The molecule has 1 aromatic rings. The van der Waals surface area contributed by atoms with Crippen molar-refractivity contribution < 1.29 is 19.1 Å². The van der Waals surface area contributed by atoms with Gasteiger partial charge in [-0.3, -0.25) is 14.4 Å². The molecule has 0 aliphatic rings. The number of carbonyl (C=O) groups excluding carboxylic acids is 3. The Morgan fingerprint density at radius 2 is 2.05 bits per heavy atom. The second-order valence-corrected chi connectivity index (χ2v) is 4.93. The molecule has 108 valence electrons. The van der Waals surface area contributed by atoms with Gasteiger partial charge in [-0.2, -0.15) is 0 Å². The average Bonchev–Trinajstić information content (AvgIpc) is 2.43. The van der Waals surface area contributed by atoms with Crippen LogP contribution in [0, 0.1) is 0 Å². The highest BCUT2D eigenvalue weighted by molar-refractivity contribution is 9.10. The van der Waals surface area contributed by atoms with Gasteiger partial charge in [0.15, 0.2) is 0 Å². The Morgan fingerprint density at radius 3 is 2.65 bits per heavy atom. The van der Waals surface area contributed by atoms with Crippen LogP contribution in [0.4, 0.5) is 0 Å². The Balaban J connectivity index is 2.48. The van der Waals surface area contributed by atoms with E-state index in [1.165, 1.54) is 19.1 Å². The number of methoxy groups -OCH3 is 1. The Morgan fingerprint density at radius 1 is 1.35 bits per heavy atom. The Hall–Kier alpha value is -1.89. The van der Waals surface area contributed by atoms with Gasteiger partial charge in [-0.25, -0.2) is 0 Å². The Labute approximate surface area is 125 Å². The van der Waals surface area contributed by atoms with E-state index >= 15 is 0 Å². The zero-order valence-corrected chi connectivity index (χ0v) is 12.8. The molecule has 1 aromatic carbocycles. The molecule has 0 aliphatic carbocycles. The van der Waals surface area contributed by atoms with Crippen LogP contribution in [0.3, 0.4) is 0 Å². The van der Waals surface area contributed by atoms with Gasteiger partial charge in [-0.15, -0.1) is 0 Å². The number of hydrogen-bond donors (Lipinski definition) is 1. The molecule has 0 aromatic heterocycles. The molecule has 0 aliphatic heterocycles. The van der Waals surface area contributed by atoms with E-state index in [0.717, 1.165) is 4.47 Å². The van der Waals surface area contributed by atoms with Crippen LogP contribution in [0.25, 0.3) is 0 Å². The summed E-state index contributed by atoms with van der Waals surface area (Å²) in [5.41, 5.74) is 0.447. The standard InChI is InChI=1S/C13H15BrN2O4/c1-16(8-12(18)20-2)11(17)7-15-13(19)9-4-3-5-10(14)6-9/h3-6H,7-8H2,1-2H3,(H,15,19). The summed E-state index contributed by atoms with van der Waals surface area (Å²) in [5, 5.41) is 2.50. The maximum Gasteiger partial charge on any atom is 0.325 e. The SMILES string of the molecule is COC(=O)CN(C)C(=O)CNC(=O)c1cccc(Br)c1. The van der Waals surface area contributed by atoms with E-state index in [0.29, 0.717) is 5.56 Å². The minimum absolute atomic E-state index is 0.151. The summed E-state index contributed by atoms with van der Waals surface area (Å²) < 4.78 is 5.23. The van der Waals surface area contributed by atoms with Gasteiger partial charge in [0.05, 0.1) is 13.7 Å². The highest BCUT2D eigenvalue weighted by Gasteiger charge is 2.14. The lowest BCUT2D eigenvalue weighted by Gasteiger charge is -2.15. The molecule has 20 heavy (non-hydrogen) atoms. The third-order valence-corrected chi connectivity index (χ3v) is 3.00. The number of likely N-dealkylation sites (N-methyl/N-ethyl adjacent to an activating group) is 1. The molecule has 0 radical (unpaired) electrons. The predicted octanol–water partition coefficient (Wildman–Crippen LogP) is 0.810. The molecule has 0 fully saturated rings. The van der Waals surface area contributed by atoms with E-state index in [1.54, 1.807) is 24.3 Å². The maximum absolute atomic E-state index is 11.8. The fourth-order valence-electron chi connectivity index (χ4n) is 1.37. The van der Waals surface area contributed by atoms with Crippen LogP contribution in [0.2, 0.25) is 0 Å². The van der Waals surface area contributed by atoms with Gasteiger partial charge in [0, 0.05) is 17.1 Å². The van der Waals surface area contributed by atoms with E-state index in [1.807, 2.05) is 0 Å². The van der Waals surface area contributed by atoms with Crippen molar-refractivity contribution in [2.45, 2.75) is 0 Å². The zero-order chi connectivity index (χ0) is 15.1. The summed E-state index contributed by atoms with van der Waals surface area (Å²) in [6.07, 6.45) is 0. The minimum atomic E-state index is -0.515. The van der Waals surface area contributed by atoms with Crippen LogP contribution >= 0.6 is 15.9 Å². The van der Waals surface area contributed by atoms with Crippen molar-refractivity contribution in [1.82, 2.24) is 10.2 Å². The summed E-state index contributed by atoms with van der Waals surface area (Å²) in [5.74, 6) is -1.25. The molecule has 0 spiro atoms. The number of ether oxygens (including phenoxy) is 1. The van der Waals surface area contributed by atoms with E-state index in [2.05, 4.69) is 26.0 Å². The highest BCUT2D eigenvalue weighted by Crippen LogP contribution is 2.11. The quantitative estimate of drug-likeness (QED) is 0.803. The van der Waals surface area contributed by atoms with Crippen LogP contribution < -0.4 is 5.32 Å². The zero-order valence-electron chi connectivity index (χ0n) is 11.2. The molecule has 0 saturated carbocycles. The molecule has 2 amide bonds. The number of carbonyl (C=O) groups is 3. The summed E-state index contributed by atoms with van der Waals surface area (Å²) in [4.78, 5) is 35.7. The van der Waals surface area contributed by atoms with Crippen molar-refractivity contribution in [2.75, 3.05) is 27.2 Å². The number of nitrogens with one attached hydrogen (secondary N) is 1. The van der Waals surface area contributed by atoms with Gasteiger partial charge in [0.25, 0.3) is 5.91 Å². The number of hydrogen-bond acceptors (Lipinski definition) is 4. The van der Waals surface area contributed by atoms with E-state index in [4.69, 9.17) is 0 Å². The first-order valence-corrected chi connectivity index (χ1v) is 6.58. The van der Waals surface area contributed by atoms with Crippen LogP contribution in [0.5, 0.6) is 0 Å². The summed E-state index contributed by atoms with van der Waals surface area (Å²) >= 11 is 3.26. The molecule has 0 saturated heterocycles. The summed E-state index contributed by atoms with van der Waals surface area (Å²) in [7, 11) is 2.71. The second-order valence-electron chi connectivity index (χ2n) is 4.02. The number of esters is 1. The van der Waals surface area contributed by atoms with Crippen molar-refractivity contribution in [2.24, 2.45) is 0 Å². The molecule has 0 atom stereocenters. The van der Waals surface area contributed by atoms with Crippen LogP contribution in [-0.4, -0.2) is 49.9 Å². The van der Waals surface area contributed by atoms with Gasteiger partial charge in [0.1, 0.15) is 6.54 Å². The number of benzene rings is 1. The lowest BCUT2D eigenvalue weighted by Crippen LogP contribution is -2.40. The van der Waals surface area contributed by atoms with Crippen molar-refractivity contribution in [1.29, 1.82) is 0 Å². The Bertz CT molecular complexity index is 519. The van der Waals surface area contributed by atoms with Crippen molar-refractivity contribution >= 4 is 33.7 Å². The van der Waals surface area contributed by atoms with Gasteiger partial charge in [-0.05, 0) is 18.2 Å². The molecule has 7 heteroatoms. The fourth-order valence-corrected chi connectivity index (χ4v) is 1.77. The smallest absolute Gasteiger partial charge is 0.325 e. The summed E-state index contributed by atoms with van der Waals surface area (Å²) in [6.45, 7) is -0.332. The monoisotopic (exact) mass is 342 g/mol. The first kappa shape index (κ1) is 16.2. The van der Waals surface area contributed by atoms with Crippen molar-refractivity contribution in [3.05, 3.63) is 34.3 Å². The predicted molar refractivity (Wildman–Crippen MR) is 76.1 cm³/mol. The highest BCUT2D eigenvalue weighted by atomic mass is 79.9. The normalized spacial score (nSPS) is 9.75. The van der Waals surface area contributed by atoms with Crippen LogP contribution in [0.1, 0.15) is 10.4 Å². The van der Waals surface area contributed by atoms with Gasteiger partial charge < -0.3 is 15.0 Å². The minimum Gasteiger partial charge on any atom is -0.468 e. The van der Waals surface area contributed by atoms with Crippen LogP contribution in [0.15, 0.2) is 28.7 Å². The fraction of sp³-hybridized carbons (Fsp3) is 0.308. The third kappa shape index (κ3) is 5.00. The number of halogens is 1. The molecule has 1 N–H and O–H groups in total. The molecule has 0 bridgehead atoms. The number of amides is 2. The first-order chi connectivity index (χ1) is 9.43. The molecular formula is C13H15BrN2O4. The molecular weight excluding hydrogens is 328 g/mol. The van der Waals surface area contributed by atoms with E-state index in [-0.39, 0.29) is 24.9 Å². The molecule has 0 unspecified atom stereocenters. The van der Waals surface area contributed by atoms with Crippen molar-refractivity contribution in [3.8, 4) is 0 Å². The van der Waals surface area contributed by atoms with Gasteiger partial charge in [-0.1, -0.05) is 22.0 Å². The third-order valence-electron chi connectivity index (χ3n) is 2.51. The largest absolute Gasteiger partial charge is 0.468 e. The van der Waals surface area contributed by atoms with E-state index < -0.39 is 5.97 Å². The van der Waals surface area contributed by atoms with Gasteiger partial charge >= 0.3 is 5.97 Å². The first-order valence-electron chi connectivity index (χ1n) is 5.78. The summed E-state index contributed by atoms with van der Waals surface area (Å²) in [6, 6.07) is 6.82. The van der Waals surface area contributed by atoms with Crippen LogP contribution in [-0.2, 0) is 14.3 Å².